The SMILES string of the molecule is CCCCCCCCCCCCCCCC.CCCCCCCCCCCCCCCCO[P+](=O)OCCCCCCCCCCCCCCCC. The lowest BCUT2D eigenvalue weighted by Gasteiger charge is -2.03. The molecule has 0 fully saturated rings. The summed E-state index contributed by atoms with van der Waals surface area (Å²) in [5.74, 6) is 0. The van der Waals surface area contributed by atoms with Crippen molar-refractivity contribution in [1.82, 2.24) is 0 Å². The van der Waals surface area contributed by atoms with E-state index in [-0.39, 0.29) is 0 Å². The van der Waals surface area contributed by atoms with Gasteiger partial charge in [0.15, 0.2) is 0 Å². The van der Waals surface area contributed by atoms with Gasteiger partial charge < -0.3 is 0 Å². The Morgan fingerprint density at radius 3 is 0.519 bits per heavy atom. The summed E-state index contributed by atoms with van der Waals surface area (Å²) in [7, 11) is -1.91. The van der Waals surface area contributed by atoms with Crippen molar-refractivity contribution in [2.24, 2.45) is 0 Å². The van der Waals surface area contributed by atoms with E-state index in [1.54, 1.807) is 0 Å². The van der Waals surface area contributed by atoms with Crippen LogP contribution in [0, 0.1) is 0 Å². The van der Waals surface area contributed by atoms with Gasteiger partial charge in [0.25, 0.3) is 0 Å². The number of unbranched alkanes of at least 4 members (excludes halogenated alkanes) is 39. The average Bonchev–Trinajstić information content (AvgIpc) is 3.15. The van der Waals surface area contributed by atoms with Gasteiger partial charge in [-0.1, -0.05) is 285 Å². The predicted octanol–water partition coefficient (Wildman–Crippen LogP) is 19.1. The molecule has 0 radical (unpaired) electrons. The molecule has 0 bridgehead atoms. The molecule has 314 valence electrons. The first-order valence-corrected chi connectivity index (χ1v) is 25.5. The van der Waals surface area contributed by atoms with Crippen LogP contribution in [0.15, 0.2) is 0 Å². The molecular weight excluding hydrogens is 655 g/mol. The molecule has 0 aromatic heterocycles. The molecule has 0 saturated carbocycles. The van der Waals surface area contributed by atoms with Gasteiger partial charge in [0.2, 0.25) is 0 Å². The first-order valence-electron chi connectivity index (χ1n) is 24.5. The molecule has 0 heterocycles. The zero-order valence-corrected chi connectivity index (χ0v) is 37.7. The Morgan fingerprint density at radius 1 is 0.231 bits per heavy atom. The second-order valence-corrected chi connectivity index (χ2v) is 17.3. The predicted molar refractivity (Wildman–Crippen MR) is 236 cm³/mol. The van der Waals surface area contributed by atoms with Gasteiger partial charge in [0, 0.05) is 4.57 Å². The zero-order chi connectivity index (χ0) is 38.1. The Labute approximate surface area is 331 Å². The maximum absolute atomic E-state index is 11.8. The smallest absolute Gasteiger partial charge is 0.119 e. The van der Waals surface area contributed by atoms with Gasteiger partial charge in [-0.3, -0.25) is 0 Å². The van der Waals surface area contributed by atoms with Crippen LogP contribution in [-0.2, 0) is 13.6 Å². The lowest BCUT2D eigenvalue weighted by atomic mass is 10.0. The van der Waals surface area contributed by atoms with Crippen LogP contribution in [0.3, 0.4) is 0 Å². The highest BCUT2D eigenvalue weighted by atomic mass is 31.1. The third-order valence-electron chi connectivity index (χ3n) is 10.8. The average molecular weight is 756 g/mol. The lowest BCUT2D eigenvalue weighted by molar-refractivity contribution is 0.218. The fourth-order valence-electron chi connectivity index (χ4n) is 7.18. The highest BCUT2D eigenvalue weighted by Crippen LogP contribution is 2.25. The van der Waals surface area contributed by atoms with Crippen molar-refractivity contribution in [2.75, 3.05) is 13.2 Å². The van der Waals surface area contributed by atoms with Crippen LogP contribution in [0.25, 0.3) is 0 Å². The number of hydrogen-bond donors (Lipinski definition) is 0. The van der Waals surface area contributed by atoms with Crippen molar-refractivity contribution >= 4 is 8.25 Å². The Bertz CT molecular complexity index is 562. The summed E-state index contributed by atoms with van der Waals surface area (Å²) in [6.45, 7) is 10.3. The molecule has 0 spiro atoms. The summed E-state index contributed by atoms with van der Waals surface area (Å²) in [6.07, 6.45) is 58.2. The van der Waals surface area contributed by atoms with Gasteiger partial charge in [0.1, 0.15) is 13.2 Å². The van der Waals surface area contributed by atoms with Crippen molar-refractivity contribution < 1.29 is 13.6 Å². The van der Waals surface area contributed by atoms with E-state index >= 15 is 0 Å². The minimum Gasteiger partial charge on any atom is -0.119 e. The van der Waals surface area contributed by atoms with Gasteiger partial charge >= 0.3 is 8.25 Å². The first kappa shape index (κ1) is 54.1. The lowest BCUT2D eigenvalue weighted by Crippen LogP contribution is -1.92. The van der Waals surface area contributed by atoms with Gasteiger partial charge in [-0.25, -0.2) is 0 Å². The molecule has 0 aliphatic heterocycles. The van der Waals surface area contributed by atoms with Crippen LogP contribution >= 0.6 is 8.25 Å². The number of hydrogen-bond acceptors (Lipinski definition) is 3. The minimum absolute atomic E-state index is 0.575. The van der Waals surface area contributed by atoms with Crippen LogP contribution in [0.1, 0.15) is 297 Å². The monoisotopic (exact) mass is 756 g/mol. The molecule has 0 saturated heterocycles. The Hall–Kier alpha value is 0.0200. The summed E-state index contributed by atoms with van der Waals surface area (Å²) in [5.41, 5.74) is 0. The summed E-state index contributed by atoms with van der Waals surface area (Å²) in [4.78, 5) is 0. The molecule has 0 aromatic rings. The Morgan fingerprint density at radius 2 is 0.365 bits per heavy atom. The standard InChI is InChI=1S/C32H66O3P.C16H34/c1-3-5-7-9-11-13-15-17-19-21-23-25-27-29-31-34-36(33)35-32-30-28-26-24-22-20-18-16-14-12-10-8-6-4-2;1-3-5-7-9-11-13-15-16-14-12-10-8-6-4-2/h3-32H2,1-2H3;3-16H2,1-2H3/q+1;. The molecule has 0 amide bonds. The van der Waals surface area contributed by atoms with Crippen LogP contribution in [0.5, 0.6) is 0 Å². The van der Waals surface area contributed by atoms with Crippen LogP contribution < -0.4 is 0 Å². The molecule has 4 heteroatoms. The van der Waals surface area contributed by atoms with Crippen molar-refractivity contribution in [3.8, 4) is 0 Å². The molecule has 0 rings (SSSR count). The topological polar surface area (TPSA) is 35.5 Å². The molecule has 0 aliphatic carbocycles. The molecule has 0 aromatic carbocycles. The maximum Gasteiger partial charge on any atom is 0.697 e. The maximum atomic E-state index is 11.8. The van der Waals surface area contributed by atoms with Gasteiger partial charge in [-0.2, -0.15) is 0 Å². The molecule has 0 N–H and O–H groups in total. The Balaban J connectivity index is 0. The van der Waals surface area contributed by atoms with E-state index in [0.29, 0.717) is 13.2 Å². The summed E-state index contributed by atoms with van der Waals surface area (Å²) < 4.78 is 22.5. The second-order valence-electron chi connectivity index (χ2n) is 16.3. The third-order valence-corrected chi connectivity index (χ3v) is 11.6. The first-order chi connectivity index (χ1) is 25.7. The zero-order valence-electron chi connectivity index (χ0n) is 36.8. The van der Waals surface area contributed by atoms with Crippen molar-refractivity contribution in [2.45, 2.75) is 297 Å². The molecule has 3 nitrogen and oxygen atoms in total. The van der Waals surface area contributed by atoms with Gasteiger partial charge in [0.05, 0.1) is 0 Å². The van der Waals surface area contributed by atoms with E-state index in [9.17, 15) is 4.57 Å². The van der Waals surface area contributed by atoms with E-state index in [1.807, 2.05) is 0 Å². The molecule has 0 aliphatic rings. The second kappa shape index (κ2) is 53.1. The summed E-state index contributed by atoms with van der Waals surface area (Å²) >= 11 is 0. The summed E-state index contributed by atoms with van der Waals surface area (Å²) in [6, 6.07) is 0. The molecular formula is C48H100O3P+. The van der Waals surface area contributed by atoms with Crippen LogP contribution in [0.2, 0.25) is 0 Å². The highest BCUT2D eigenvalue weighted by Gasteiger charge is 2.19. The minimum atomic E-state index is -1.91. The van der Waals surface area contributed by atoms with Crippen molar-refractivity contribution in [3.63, 3.8) is 0 Å². The Kier molecular flexibility index (Phi) is 55.3. The van der Waals surface area contributed by atoms with Crippen LogP contribution in [-0.4, -0.2) is 13.2 Å². The van der Waals surface area contributed by atoms with Gasteiger partial charge in [-0.15, -0.1) is 9.05 Å². The van der Waals surface area contributed by atoms with E-state index in [2.05, 4.69) is 27.7 Å². The fourth-order valence-corrected chi connectivity index (χ4v) is 7.81. The molecule has 52 heavy (non-hydrogen) atoms. The quantitative estimate of drug-likeness (QED) is 0.0459. The van der Waals surface area contributed by atoms with Crippen molar-refractivity contribution in [3.05, 3.63) is 0 Å². The summed E-state index contributed by atoms with van der Waals surface area (Å²) in [5, 5.41) is 0. The van der Waals surface area contributed by atoms with Crippen molar-refractivity contribution in [1.29, 1.82) is 0 Å². The van der Waals surface area contributed by atoms with E-state index < -0.39 is 8.25 Å². The van der Waals surface area contributed by atoms with E-state index in [0.717, 1.165) is 12.8 Å². The highest BCUT2D eigenvalue weighted by molar-refractivity contribution is 7.33. The normalized spacial score (nSPS) is 11.2. The fraction of sp³-hybridized carbons (Fsp3) is 1.00. The van der Waals surface area contributed by atoms with E-state index in [4.69, 9.17) is 9.05 Å². The van der Waals surface area contributed by atoms with Crippen LogP contribution in [0.4, 0.5) is 0 Å². The third kappa shape index (κ3) is 54.4. The van der Waals surface area contributed by atoms with E-state index in [1.165, 1.54) is 257 Å². The van der Waals surface area contributed by atoms with Gasteiger partial charge in [-0.05, 0) is 12.8 Å². The largest absolute Gasteiger partial charge is 0.697 e. The molecule has 0 unspecified atom stereocenters. The molecule has 0 atom stereocenters. The number of rotatable bonds is 45.